The lowest BCUT2D eigenvalue weighted by molar-refractivity contribution is -0.160. The monoisotopic (exact) mass is 428 g/mol. The van der Waals surface area contributed by atoms with Crippen molar-refractivity contribution in [2.75, 3.05) is 27.3 Å². The molecule has 0 amide bonds. The molecule has 1 aromatic carbocycles. The summed E-state index contributed by atoms with van der Waals surface area (Å²) in [6.07, 6.45) is 0.291. The third kappa shape index (κ3) is 4.75. The Morgan fingerprint density at radius 3 is 2.67 bits per heavy atom. The Bertz CT molecular complexity index is 1110. The zero-order chi connectivity index (χ0) is 30.6. The second-order valence-electron chi connectivity index (χ2n) is 8.33. The standard InChI is InChI=1S/C24H38N2O4/c1-14(2)9-17-13-26-8-7-16-10-21(28-5)22(29-6)11-18(16)19(26)12-20(17)30-24(27)23(25)15(3)4/h10-11,14-15,17,19-20,23H,7-9,12-13,25H2,1-6H3/t17?,19?,20?,23-/m0/s1/i3D3,4D3,10D,11D,15D,23D. The van der Waals surface area contributed by atoms with Gasteiger partial charge in [-0.15, -0.1) is 0 Å². The summed E-state index contributed by atoms with van der Waals surface area (Å²) in [5, 5.41) is 0. The largest absolute Gasteiger partial charge is 0.493 e. The summed E-state index contributed by atoms with van der Waals surface area (Å²) < 4.78 is 96.7. The highest BCUT2D eigenvalue weighted by Gasteiger charge is 2.41. The first-order valence-corrected chi connectivity index (χ1v) is 10.2. The quantitative estimate of drug-likeness (QED) is 0.670. The number of ether oxygens (including phenoxy) is 3. The van der Waals surface area contributed by atoms with Gasteiger partial charge in [-0.05, 0) is 47.9 Å². The molecule has 1 fully saturated rings. The summed E-state index contributed by atoms with van der Waals surface area (Å²) in [5.74, 6) is -5.12. The number of methoxy groups -OCH3 is 2. The van der Waals surface area contributed by atoms with E-state index < -0.39 is 43.7 Å². The van der Waals surface area contributed by atoms with E-state index in [4.69, 9.17) is 33.7 Å². The lowest BCUT2D eigenvalue weighted by Crippen LogP contribution is -2.51. The Morgan fingerprint density at radius 2 is 2.03 bits per heavy atom. The van der Waals surface area contributed by atoms with Gasteiger partial charge >= 0.3 is 5.97 Å². The van der Waals surface area contributed by atoms with Gasteiger partial charge in [0.2, 0.25) is 0 Å². The number of esters is 1. The van der Waals surface area contributed by atoms with Gasteiger partial charge in [0.15, 0.2) is 11.5 Å². The van der Waals surface area contributed by atoms with Gasteiger partial charge in [-0.1, -0.05) is 27.6 Å². The molecule has 2 aliphatic heterocycles. The van der Waals surface area contributed by atoms with Gasteiger partial charge < -0.3 is 19.9 Å². The minimum Gasteiger partial charge on any atom is -0.493 e. The van der Waals surface area contributed by atoms with Gasteiger partial charge in [0.05, 0.1) is 18.3 Å². The minimum atomic E-state index is -3.66. The molecule has 6 heteroatoms. The van der Waals surface area contributed by atoms with Gasteiger partial charge in [-0.25, -0.2) is 0 Å². The lowest BCUT2D eigenvalue weighted by Gasteiger charge is -2.47. The van der Waals surface area contributed by atoms with Crippen LogP contribution in [0.2, 0.25) is 0 Å². The Hall–Kier alpha value is -1.79. The first-order valence-electron chi connectivity index (χ1n) is 15.2. The van der Waals surface area contributed by atoms with Crippen molar-refractivity contribution in [1.82, 2.24) is 4.90 Å². The van der Waals surface area contributed by atoms with Gasteiger partial charge in [0.25, 0.3) is 0 Å². The van der Waals surface area contributed by atoms with Crippen molar-refractivity contribution in [2.24, 2.45) is 23.5 Å². The van der Waals surface area contributed by atoms with Crippen molar-refractivity contribution in [1.29, 1.82) is 0 Å². The summed E-state index contributed by atoms with van der Waals surface area (Å²) in [5.41, 5.74) is 6.93. The van der Waals surface area contributed by atoms with Gasteiger partial charge in [0.1, 0.15) is 12.1 Å². The average molecular weight is 429 g/mol. The van der Waals surface area contributed by atoms with Crippen molar-refractivity contribution in [3.8, 4) is 11.5 Å². The number of carbonyl (C=O) groups excluding carboxylic acids is 1. The zero-order valence-electron chi connectivity index (χ0n) is 28.0. The van der Waals surface area contributed by atoms with E-state index in [1.54, 1.807) is 0 Å². The fraction of sp³-hybridized carbons (Fsp3) is 0.708. The Balaban J connectivity index is 2.06. The van der Waals surface area contributed by atoms with Crippen LogP contribution in [-0.2, 0) is 16.0 Å². The molecule has 6 nitrogen and oxygen atoms in total. The van der Waals surface area contributed by atoms with E-state index in [0.717, 1.165) is 0 Å². The molecular weight excluding hydrogens is 380 g/mol. The van der Waals surface area contributed by atoms with E-state index in [1.165, 1.54) is 14.2 Å². The molecular formula is C24H38N2O4. The third-order valence-corrected chi connectivity index (χ3v) is 5.85. The number of rotatable bonds is 7. The van der Waals surface area contributed by atoms with Crippen molar-refractivity contribution < 1.29 is 32.7 Å². The molecule has 2 heterocycles. The first-order chi connectivity index (χ1) is 18.2. The number of carbonyl (C=O) groups is 1. The molecule has 0 aliphatic carbocycles. The number of fused-ring (bicyclic) bond motifs is 3. The third-order valence-electron chi connectivity index (χ3n) is 5.85. The van der Waals surface area contributed by atoms with E-state index in [1.807, 2.05) is 13.8 Å². The number of hydrogen-bond donors (Lipinski definition) is 1. The molecule has 168 valence electrons. The Kier molecular flexibility index (Phi) is 4.12. The number of piperidine rings is 1. The highest BCUT2D eigenvalue weighted by atomic mass is 16.5. The smallest absolute Gasteiger partial charge is 0.323 e. The molecule has 3 unspecified atom stereocenters. The molecule has 0 radical (unpaired) electrons. The normalized spacial score (nSPS) is 32.0. The molecule has 2 N–H and O–H groups in total. The van der Waals surface area contributed by atoms with Crippen LogP contribution >= 0.6 is 0 Å². The highest BCUT2D eigenvalue weighted by Crippen LogP contribution is 2.44. The molecule has 4 atom stereocenters. The molecule has 0 spiro atoms. The fourth-order valence-electron chi connectivity index (χ4n) is 4.47. The van der Waals surface area contributed by atoms with Crippen LogP contribution in [0.15, 0.2) is 12.1 Å². The molecule has 30 heavy (non-hydrogen) atoms. The molecule has 0 saturated carbocycles. The van der Waals surface area contributed by atoms with E-state index in [-0.39, 0.29) is 41.8 Å². The lowest BCUT2D eigenvalue weighted by atomic mass is 9.79. The highest BCUT2D eigenvalue weighted by molar-refractivity contribution is 5.76. The van der Waals surface area contributed by atoms with Crippen LogP contribution in [0.3, 0.4) is 0 Å². The number of benzene rings is 1. The van der Waals surface area contributed by atoms with Crippen LogP contribution in [0.1, 0.15) is 71.3 Å². The number of hydrogen-bond acceptors (Lipinski definition) is 6. The number of nitrogens with zero attached hydrogens (tertiary/aromatic N) is 1. The second-order valence-corrected chi connectivity index (χ2v) is 8.33. The summed E-state index contributed by atoms with van der Waals surface area (Å²) in [6.45, 7) is -2.23. The fourth-order valence-corrected chi connectivity index (χ4v) is 4.47. The summed E-state index contributed by atoms with van der Waals surface area (Å²) >= 11 is 0. The molecule has 0 bridgehead atoms. The van der Waals surface area contributed by atoms with Gasteiger partial charge in [0, 0.05) is 41.1 Å². The molecule has 2 aliphatic rings. The van der Waals surface area contributed by atoms with Crippen LogP contribution in [0.4, 0.5) is 0 Å². The van der Waals surface area contributed by atoms with Crippen LogP contribution < -0.4 is 15.2 Å². The first kappa shape index (κ1) is 12.9. The predicted molar refractivity (Wildman–Crippen MR) is 118 cm³/mol. The van der Waals surface area contributed by atoms with Crippen LogP contribution in [0.5, 0.6) is 11.5 Å². The molecule has 1 saturated heterocycles. The Morgan fingerprint density at radius 1 is 1.33 bits per heavy atom. The average Bonchev–Trinajstić information content (AvgIpc) is 2.83. The summed E-state index contributed by atoms with van der Waals surface area (Å²) in [6, 6.07) is -3.79. The van der Waals surface area contributed by atoms with Crippen molar-refractivity contribution >= 4 is 5.97 Å². The maximum Gasteiger partial charge on any atom is 0.323 e. The van der Waals surface area contributed by atoms with Gasteiger partial charge in [-0.2, -0.15) is 0 Å². The Labute approximate surface area is 195 Å². The summed E-state index contributed by atoms with van der Waals surface area (Å²) in [4.78, 5) is 15.5. The predicted octanol–water partition coefficient (Wildman–Crippen LogP) is 3.56. The SMILES string of the molecule is [2H]c1c2c(c([2H])c(OC)c1OC)C1CC(OC(=O)[C@@]([2H])(N)C([2H])(C([2H])([2H])[2H])C([2H])([2H])[2H])C(CC(C)C)CN1CC2. The van der Waals surface area contributed by atoms with E-state index >= 15 is 0 Å². The van der Waals surface area contributed by atoms with E-state index in [9.17, 15) is 4.79 Å². The molecule has 0 aromatic heterocycles. The molecule has 1 aromatic rings. The van der Waals surface area contributed by atoms with E-state index in [2.05, 4.69) is 4.90 Å². The van der Waals surface area contributed by atoms with Crippen molar-refractivity contribution in [3.63, 3.8) is 0 Å². The van der Waals surface area contributed by atoms with Crippen LogP contribution in [0, 0.1) is 17.7 Å². The van der Waals surface area contributed by atoms with Crippen LogP contribution in [-0.4, -0.2) is 50.3 Å². The maximum absolute atomic E-state index is 13.3. The van der Waals surface area contributed by atoms with Crippen LogP contribution in [0.25, 0.3) is 0 Å². The second kappa shape index (κ2) is 9.56. The number of nitrogens with two attached hydrogens (primary N) is 1. The van der Waals surface area contributed by atoms with Crippen molar-refractivity contribution in [2.45, 2.75) is 65.0 Å². The van der Waals surface area contributed by atoms with Crippen molar-refractivity contribution in [3.05, 3.63) is 23.2 Å². The topological polar surface area (TPSA) is 74.0 Å². The van der Waals surface area contributed by atoms with E-state index in [0.29, 0.717) is 37.1 Å². The zero-order valence-corrected chi connectivity index (χ0v) is 18.0. The maximum atomic E-state index is 13.3. The van der Waals surface area contributed by atoms with Gasteiger partial charge in [-0.3, -0.25) is 9.69 Å². The minimum absolute atomic E-state index is 0.0380. The summed E-state index contributed by atoms with van der Waals surface area (Å²) in [7, 11) is 2.78. The molecule has 3 rings (SSSR count).